The topological polar surface area (TPSA) is 69.2 Å². The van der Waals surface area contributed by atoms with Crippen LogP contribution in [0.25, 0.3) is 33.9 Å². The summed E-state index contributed by atoms with van der Waals surface area (Å²) in [5.41, 5.74) is 2.99. The summed E-state index contributed by atoms with van der Waals surface area (Å²) in [6.07, 6.45) is 1.86. The van der Waals surface area contributed by atoms with Gasteiger partial charge in [0.05, 0.1) is 36.1 Å². The summed E-state index contributed by atoms with van der Waals surface area (Å²) >= 11 is 0. The van der Waals surface area contributed by atoms with E-state index in [1.165, 1.54) is 6.07 Å². The smallest absolute Gasteiger partial charge is 0.261 e. The quantitative estimate of drug-likeness (QED) is 0.519. The van der Waals surface area contributed by atoms with Crippen LogP contribution >= 0.6 is 0 Å². The Bertz CT molecular complexity index is 1130. The van der Waals surface area contributed by atoms with Crippen LogP contribution in [0, 0.1) is 5.82 Å². The number of benzene rings is 2. The zero-order valence-corrected chi connectivity index (χ0v) is 15.8. The second-order valence-corrected chi connectivity index (χ2v) is 7.00. The summed E-state index contributed by atoms with van der Waals surface area (Å²) in [4.78, 5) is 11.3. The lowest BCUT2D eigenvalue weighted by atomic mass is 10.2. The molecule has 1 saturated heterocycles. The number of nitrogens with zero attached hydrogens (tertiary/aromatic N) is 5. The predicted octanol–water partition coefficient (Wildman–Crippen LogP) is 3.22. The summed E-state index contributed by atoms with van der Waals surface area (Å²) in [6.45, 7) is 5.38. The summed E-state index contributed by atoms with van der Waals surface area (Å²) in [7, 11) is 0. The minimum absolute atomic E-state index is 0.161. The monoisotopic (exact) mass is 393 g/mol. The highest BCUT2D eigenvalue weighted by Gasteiger charge is 2.15. The Hall–Kier alpha value is -3.10. The number of morpholine rings is 1. The Morgan fingerprint density at radius 1 is 1.03 bits per heavy atom. The maximum atomic E-state index is 14.0. The lowest BCUT2D eigenvalue weighted by molar-refractivity contribution is 0.0365. The van der Waals surface area contributed by atoms with Crippen molar-refractivity contribution in [2.24, 2.45) is 0 Å². The van der Waals surface area contributed by atoms with Gasteiger partial charge >= 0.3 is 0 Å². The molecule has 148 valence electrons. The molecule has 4 aromatic rings. The molecule has 0 radical (unpaired) electrons. The van der Waals surface area contributed by atoms with Crippen molar-refractivity contribution in [3.63, 3.8) is 0 Å². The SMILES string of the molecule is Fc1ccccc1-c1nc(-c2ccc3c(c2)ncn3CCN2CCOCC2)no1. The number of aromatic nitrogens is 4. The van der Waals surface area contributed by atoms with E-state index in [4.69, 9.17) is 9.26 Å². The van der Waals surface area contributed by atoms with E-state index >= 15 is 0 Å². The first kappa shape index (κ1) is 18.0. The van der Waals surface area contributed by atoms with Crippen molar-refractivity contribution >= 4 is 11.0 Å². The fraction of sp³-hybridized carbons (Fsp3) is 0.286. The number of ether oxygens (including phenoxy) is 1. The Morgan fingerprint density at radius 3 is 2.76 bits per heavy atom. The van der Waals surface area contributed by atoms with Crippen LogP contribution in [0.3, 0.4) is 0 Å². The molecule has 0 amide bonds. The molecule has 3 heterocycles. The van der Waals surface area contributed by atoms with Crippen molar-refractivity contribution in [1.82, 2.24) is 24.6 Å². The Morgan fingerprint density at radius 2 is 1.90 bits per heavy atom. The molecule has 0 aliphatic carbocycles. The fourth-order valence-electron chi connectivity index (χ4n) is 3.54. The van der Waals surface area contributed by atoms with Gasteiger partial charge in [-0.15, -0.1) is 0 Å². The molecular weight excluding hydrogens is 373 g/mol. The average molecular weight is 393 g/mol. The van der Waals surface area contributed by atoms with Gasteiger partial charge in [-0.3, -0.25) is 4.90 Å². The normalized spacial score (nSPS) is 15.2. The molecule has 2 aromatic carbocycles. The molecule has 0 unspecified atom stereocenters. The van der Waals surface area contributed by atoms with Crippen LogP contribution in [0.5, 0.6) is 0 Å². The fourth-order valence-corrected chi connectivity index (χ4v) is 3.54. The van der Waals surface area contributed by atoms with Crippen LogP contribution in [0.2, 0.25) is 0 Å². The second-order valence-electron chi connectivity index (χ2n) is 7.00. The van der Waals surface area contributed by atoms with Crippen LogP contribution in [-0.2, 0) is 11.3 Å². The van der Waals surface area contributed by atoms with Crippen molar-refractivity contribution in [1.29, 1.82) is 0 Å². The van der Waals surface area contributed by atoms with Crippen molar-refractivity contribution in [3.05, 3.63) is 54.6 Å². The highest BCUT2D eigenvalue weighted by Crippen LogP contribution is 2.26. The van der Waals surface area contributed by atoms with E-state index in [0.29, 0.717) is 11.4 Å². The molecule has 2 aromatic heterocycles. The predicted molar refractivity (Wildman–Crippen MR) is 106 cm³/mol. The number of hydrogen-bond acceptors (Lipinski definition) is 6. The maximum Gasteiger partial charge on any atom is 0.261 e. The Kier molecular flexibility index (Phi) is 4.79. The third-order valence-corrected chi connectivity index (χ3v) is 5.17. The Balaban J connectivity index is 1.36. The van der Waals surface area contributed by atoms with Crippen molar-refractivity contribution in [3.8, 4) is 22.8 Å². The van der Waals surface area contributed by atoms with Gasteiger partial charge < -0.3 is 13.8 Å². The van der Waals surface area contributed by atoms with Crippen LogP contribution < -0.4 is 0 Å². The van der Waals surface area contributed by atoms with Crippen LogP contribution in [0.15, 0.2) is 53.3 Å². The van der Waals surface area contributed by atoms with Gasteiger partial charge in [0.25, 0.3) is 5.89 Å². The highest BCUT2D eigenvalue weighted by atomic mass is 19.1. The van der Waals surface area contributed by atoms with Gasteiger partial charge in [-0.1, -0.05) is 17.3 Å². The molecule has 8 heteroatoms. The molecule has 29 heavy (non-hydrogen) atoms. The van der Waals surface area contributed by atoms with Gasteiger partial charge in [0.1, 0.15) is 5.82 Å². The van der Waals surface area contributed by atoms with E-state index in [1.54, 1.807) is 18.2 Å². The van der Waals surface area contributed by atoms with E-state index in [0.717, 1.165) is 56.0 Å². The van der Waals surface area contributed by atoms with Gasteiger partial charge in [0, 0.05) is 31.7 Å². The minimum Gasteiger partial charge on any atom is -0.379 e. The number of imidazole rings is 1. The third kappa shape index (κ3) is 3.64. The van der Waals surface area contributed by atoms with Crippen LogP contribution in [0.4, 0.5) is 4.39 Å². The van der Waals surface area contributed by atoms with E-state index in [2.05, 4.69) is 24.6 Å². The van der Waals surface area contributed by atoms with Crippen LogP contribution in [-0.4, -0.2) is 57.4 Å². The van der Waals surface area contributed by atoms with E-state index in [9.17, 15) is 4.39 Å². The molecular formula is C21H20FN5O2. The molecule has 0 atom stereocenters. The number of rotatable bonds is 5. The lowest BCUT2D eigenvalue weighted by Gasteiger charge is -2.26. The lowest BCUT2D eigenvalue weighted by Crippen LogP contribution is -2.38. The summed E-state index contributed by atoms with van der Waals surface area (Å²) in [5, 5.41) is 4.01. The zero-order valence-electron chi connectivity index (χ0n) is 15.8. The summed E-state index contributed by atoms with van der Waals surface area (Å²) in [6, 6.07) is 12.2. The first-order valence-corrected chi connectivity index (χ1v) is 9.62. The van der Waals surface area contributed by atoms with Crippen molar-refractivity contribution < 1.29 is 13.7 Å². The zero-order chi connectivity index (χ0) is 19.6. The molecule has 0 saturated carbocycles. The largest absolute Gasteiger partial charge is 0.379 e. The third-order valence-electron chi connectivity index (χ3n) is 5.17. The molecule has 5 rings (SSSR count). The molecule has 1 aliphatic heterocycles. The van der Waals surface area contributed by atoms with E-state index in [1.807, 2.05) is 24.5 Å². The first-order chi connectivity index (χ1) is 14.3. The Labute approximate surface area is 166 Å². The van der Waals surface area contributed by atoms with Gasteiger partial charge in [-0.2, -0.15) is 4.98 Å². The number of fused-ring (bicyclic) bond motifs is 1. The molecule has 1 aliphatic rings. The van der Waals surface area contributed by atoms with E-state index < -0.39 is 5.82 Å². The highest BCUT2D eigenvalue weighted by molar-refractivity contribution is 5.80. The summed E-state index contributed by atoms with van der Waals surface area (Å²) in [5.74, 6) is 0.180. The first-order valence-electron chi connectivity index (χ1n) is 9.62. The van der Waals surface area contributed by atoms with Crippen molar-refractivity contribution in [2.75, 3.05) is 32.8 Å². The molecule has 0 N–H and O–H groups in total. The minimum atomic E-state index is -0.392. The van der Waals surface area contributed by atoms with Crippen molar-refractivity contribution in [2.45, 2.75) is 6.54 Å². The van der Waals surface area contributed by atoms with Gasteiger partial charge in [0.15, 0.2) is 0 Å². The molecule has 1 fully saturated rings. The molecule has 7 nitrogen and oxygen atoms in total. The average Bonchev–Trinajstić information content (AvgIpc) is 3.40. The van der Waals surface area contributed by atoms with Gasteiger partial charge in [0.2, 0.25) is 5.82 Å². The standard InChI is InChI=1S/C21H20FN5O2/c22-17-4-2-1-3-16(17)21-24-20(25-29-21)15-5-6-19-18(13-15)23-14-27(19)8-7-26-9-11-28-12-10-26/h1-6,13-14H,7-12H2. The van der Waals surface area contributed by atoms with Crippen LogP contribution in [0.1, 0.15) is 0 Å². The van der Waals surface area contributed by atoms with E-state index in [-0.39, 0.29) is 5.89 Å². The molecule has 0 bridgehead atoms. The molecule has 0 spiro atoms. The number of halogens is 1. The second kappa shape index (κ2) is 7.73. The maximum absolute atomic E-state index is 14.0. The van der Waals surface area contributed by atoms with Gasteiger partial charge in [-0.05, 0) is 30.3 Å². The van der Waals surface area contributed by atoms with Gasteiger partial charge in [-0.25, -0.2) is 9.37 Å². The number of hydrogen-bond donors (Lipinski definition) is 0. The summed E-state index contributed by atoms with van der Waals surface area (Å²) < 4.78 is 26.8.